The number of carbonyl (C=O) groups excluding carboxylic acids is 1. The molecule has 3 N–H and O–H groups in total. The van der Waals surface area contributed by atoms with Gasteiger partial charge in [-0.15, -0.1) is 0 Å². The number of aryl methyl sites for hydroxylation is 1. The lowest BCUT2D eigenvalue weighted by Gasteiger charge is -2.34. The molecule has 0 spiro atoms. The number of piperidine rings is 1. The van der Waals surface area contributed by atoms with Crippen LogP contribution in [-0.2, 0) is 4.79 Å². The summed E-state index contributed by atoms with van der Waals surface area (Å²) in [5.74, 6) is 0.545. The molecule has 0 aromatic heterocycles. The molecule has 0 aliphatic carbocycles. The Balaban J connectivity index is 1.87. The van der Waals surface area contributed by atoms with Gasteiger partial charge in [0.1, 0.15) is 0 Å². The quantitative estimate of drug-likeness (QED) is 0.874. The number of hydrogen-bond acceptors (Lipinski definition) is 3. The van der Waals surface area contributed by atoms with Crippen molar-refractivity contribution in [2.24, 2.45) is 11.7 Å². The van der Waals surface area contributed by atoms with Crippen LogP contribution in [0.5, 0.6) is 0 Å². The predicted octanol–water partition coefficient (Wildman–Crippen LogP) is 2.76. The normalized spacial score (nSPS) is 21.0. The van der Waals surface area contributed by atoms with E-state index in [0.29, 0.717) is 12.5 Å². The summed E-state index contributed by atoms with van der Waals surface area (Å²) in [5.41, 5.74) is 7.95. The topological polar surface area (TPSA) is 58.4 Å². The fourth-order valence-corrected chi connectivity index (χ4v) is 3.04. The maximum atomic E-state index is 12.2. The molecule has 2 atom stereocenters. The van der Waals surface area contributed by atoms with Crippen LogP contribution in [0, 0.1) is 12.8 Å². The van der Waals surface area contributed by atoms with Gasteiger partial charge in [-0.05, 0) is 62.9 Å². The minimum absolute atomic E-state index is 0.0436. The Hall–Kier alpha value is -0.910. The second-order valence-electron chi connectivity index (χ2n) is 6.01. The smallest absolute Gasteiger partial charge is 0.238 e. The molecule has 1 saturated heterocycles. The fraction of sp³-hybridized carbons (Fsp3) is 0.562. The van der Waals surface area contributed by atoms with E-state index in [4.69, 9.17) is 5.73 Å². The van der Waals surface area contributed by atoms with Crippen molar-refractivity contribution in [2.75, 3.05) is 25.0 Å². The van der Waals surface area contributed by atoms with Crippen LogP contribution < -0.4 is 11.1 Å². The van der Waals surface area contributed by atoms with Crippen LogP contribution in [0.3, 0.4) is 0 Å². The molecular formula is C16H24BrN3O. The summed E-state index contributed by atoms with van der Waals surface area (Å²) in [6.07, 6.45) is 2.29. The number of rotatable bonds is 4. The number of anilines is 1. The number of hydrogen-bond donors (Lipinski definition) is 2. The first-order chi connectivity index (χ1) is 9.95. The van der Waals surface area contributed by atoms with Crippen molar-refractivity contribution in [3.63, 3.8) is 0 Å². The van der Waals surface area contributed by atoms with E-state index in [1.165, 1.54) is 6.42 Å². The van der Waals surface area contributed by atoms with Gasteiger partial charge in [0.2, 0.25) is 5.91 Å². The fourth-order valence-electron chi connectivity index (χ4n) is 2.79. The molecule has 1 aromatic carbocycles. The SMILES string of the molecule is Cc1cc(NC(=O)CN2CCCC(C(C)N)C2)ccc1Br. The first kappa shape index (κ1) is 16.5. The second kappa shape index (κ2) is 7.38. The van der Waals surface area contributed by atoms with Crippen LogP contribution in [0.4, 0.5) is 5.69 Å². The highest BCUT2D eigenvalue weighted by molar-refractivity contribution is 9.10. The van der Waals surface area contributed by atoms with E-state index >= 15 is 0 Å². The Labute approximate surface area is 135 Å². The number of halogens is 1. The summed E-state index contributed by atoms with van der Waals surface area (Å²) in [6, 6.07) is 6.04. The van der Waals surface area contributed by atoms with E-state index < -0.39 is 0 Å². The van der Waals surface area contributed by atoms with Crippen LogP contribution in [-0.4, -0.2) is 36.5 Å². The Morgan fingerprint density at radius 1 is 1.57 bits per heavy atom. The van der Waals surface area contributed by atoms with Crippen LogP contribution >= 0.6 is 15.9 Å². The highest BCUT2D eigenvalue weighted by Gasteiger charge is 2.23. The van der Waals surface area contributed by atoms with Crippen molar-refractivity contribution < 1.29 is 4.79 Å². The van der Waals surface area contributed by atoms with Crippen molar-refractivity contribution in [2.45, 2.75) is 32.7 Å². The van der Waals surface area contributed by atoms with Crippen molar-refractivity contribution in [1.82, 2.24) is 4.90 Å². The van der Waals surface area contributed by atoms with E-state index in [1.54, 1.807) is 0 Å². The van der Waals surface area contributed by atoms with Gasteiger partial charge in [0.25, 0.3) is 0 Å². The number of likely N-dealkylation sites (tertiary alicyclic amines) is 1. The number of benzene rings is 1. The Kier molecular flexibility index (Phi) is 5.79. The highest BCUT2D eigenvalue weighted by Crippen LogP contribution is 2.21. The number of nitrogens with zero attached hydrogens (tertiary/aromatic N) is 1. The van der Waals surface area contributed by atoms with E-state index in [2.05, 4.69) is 33.1 Å². The average molecular weight is 354 g/mol. The third kappa shape index (κ3) is 4.80. The van der Waals surface area contributed by atoms with Gasteiger partial charge in [-0.1, -0.05) is 15.9 Å². The summed E-state index contributed by atoms with van der Waals surface area (Å²) in [5, 5.41) is 2.97. The van der Waals surface area contributed by atoms with Gasteiger partial charge in [-0.3, -0.25) is 9.69 Å². The van der Waals surface area contributed by atoms with Crippen LogP contribution in [0.25, 0.3) is 0 Å². The molecular weight excluding hydrogens is 330 g/mol. The number of nitrogens with one attached hydrogen (secondary N) is 1. The molecule has 0 bridgehead atoms. The molecule has 2 unspecified atom stereocenters. The van der Waals surface area contributed by atoms with Gasteiger partial charge < -0.3 is 11.1 Å². The zero-order valence-electron chi connectivity index (χ0n) is 12.7. The summed E-state index contributed by atoms with van der Waals surface area (Å²) in [4.78, 5) is 14.4. The minimum atomic E-state index is 0.0436. The molecule has 116 valence electrons. The molecule has 2 rings (SSSR count). The van der Waals surface area contributed by atoms with Gasteiger partial charge >= 0.3 is 0 Å². The minimum Gasteiger partial charge on any atom is -0.328 e. The van der Waals surface area contributed by atoms with Crippen LogP contribution in [0.1, 0.15) is 25.3 Å². The van der Waals surface area contributed by atoms with E-state index in [-0.39, 0.29) is 11.9 Å². The molecule has 1 fully saturated rings. The summed E-state index contributed by atoms with van der Waals surface area (Å²) < 4.78 is 1.05. The number of amides is 1. The Morgan fingerprint density at radius 2 is 2.33 bits per heavy atom. The lowest BCUT2D eigenvalue weighted by Crippen LogP contribution is -2.45. The van der Waals surface area contributed by atoms with E-state index in [0.717, 1.165) is 35.2 Å². The van der Waals surface area contributed by atoms with Gasteiger partial charge in [0, 0.05) is 22.7 Å². The zero-order valence-corrected chi connectivity index (χ0v) is 14.3. The van der Waals surface area contributed by atoms with E-state index in [1.807, 2.05) is 25.1 Å². The number of carbonyl (C=O) groups is 1. The third-order valence-electron chi connectivity index (χ3n) is 4.09. The zero-order chi connectivity index (χ0) is 15.4. The van der Waals surface area contributed by atoms with Gasteiger partial charge in [-0.25, -0.2) is 0 Å². The predicted molar refractivity (Wildman–Crippen MR) is 90.3 cm³/mol. The Morgan fingerprint density at radius 3 is 3.00 bits per heavy atom. The standard InChI is InChI=1S/C16H24BrN3O/c1-11-8-14(5-6-15(11)17)19-16(21)10-20-7-3-4-13(9-20)12(2)18/h5-6,8,12-13H,3-4,7,9-10,18H2,1-2H3,(H,19,21). The van der Waals surface area contributed by atoms with Gasteiger partial charge in [0.15, 0.2) is 0 Å². The molecule has 5 heteroatoms. The molecule has 1 aromatic rings. The molecule has 1 aliphatic rings. The summed E-state index contributed by atoms with van der Waals surface area (Å²) in [7, 11) is 0. The molecule has 1 aliphatic heterocycles. The molecule has 1 heterocycles. The molecule has 21 heavy (non-hydrogen) atoms. The van der Waals surface area contributed by atoms with Crippen LogP contribution in [0.2, 0.25) is 0 Å². The number of nitrogens with two attached hydrogens (primary N) is 1. The first-order valence-corrected chi connectivity index (χ1v) is 8.29. The monoisotopic (exact) mass is 353 g/mol. The molecule has 1 amide bonds. The lowest BCUT2D eigenvalue weighted by molar-refractivity contribution is -0.117. The molecule has 0 radical (unpaired) electrons. The van der Waals surface area contributed by atoms with Gasteiger partial charge in [0.05, 0.1) is 6.54 Å². The first-order valence-electron chi connectivity index (χ1n) is 7.49. The van der Waals surface area contributed by atoms with Gasteiger partial charge in [-0.2, -0.15) is 0 Å². The summed E-state index contributed by atoms with van der Waals surface area (Å²) >= 11 is 3.46. The van der Waals surface area contributed by atoms with Crippen molar-refractivity contribution in [1.29, 1.82) is 0 Å². The van der Waals surface area contributed by atoms with E-state index in [9.17, 15) is 4.79 Å². The maximum absolute atomic E-state index is 12.2. The van der Waals surface area contributed by atoms with Crippen LogP contribution in [0.15, 0.2) is 22.7 Å². The van der Waals surface area contributed by atoms with Crippen molar-refractivity contribution in [3.8, 4) is 0 Å². The van der Waals surface area contributed by atoms with Crippen molar-refractivity contribution >= 4 is 27.5 Å². The second-order valence-corrected chi connectivity index (χ2v) is 6.86. The lowest BCUT2D eigenvalue weighted by atomic mass is 9.92. The maximum Gasteiger partial charge on any atom is 0.238 e. The van der Waals surface area contributed by atoms with Crippen molar-refractivity contribution in [3.05, 3.63) is 28.2 Å². The third-order valence-corrected chi connectivity index (χ3v) is 4.98. The molecule has 0 saturated carbocycles. The largest absolute Gasteiger partial charge is 0.328 e. The summed E-state index contributed by atoms with van der Waals surface area (Å²) in [6.45, 7) is 6.41. The molecule has 4 nitrogen and oxygen atoms in total. The highest BCUT2D eigenvalue weighted by atomic mass is 79.9. The average Bonchev–Trinajstić information content (AvgIpc) is 2.43. The Bertz CT molecular complexity index is 504.